The molecule has 1 radical (unpaired) electrons. The van der Waals surface area contributed by atoms with E-state index in [0.717, 1.165) is 0 Å². The average molecular weight is 86.9 g/mol. The van der Waals surface area contributed by atoms with E-state index in [1.54, 1.807) is 7.11 Å². The fourth-order valence-corrected chi connectivity index (χ4v) is 0.136. The molecule has 0 atom stereocenters. The highest BCUT2D eigenvalue weighted by Gasteiger charge is 1.80. The normalized spacial score (nSPS) is 8.33. The maximum absolute atomic E-state index is 4.64. The molecule has 0 aromatic carbocycles. The maximum Gasteiger partial charge on any atom is 0.487 e. The minimum atomic E-state index is 0.674. The van der Waals surface area contributed by atoms with Crippen molar-refractivity contribution in [2.24, 2.45) is 0 Å². The molecule has 0 aliphatic rings. The Labute approximate surface area is 38.8 Å². The van der Waals surface area contributed by atoms with Gasteiger partial charge in [-0.15, -0.1) is 0 Å². The van der Waals surface area contributed by atoms with Gasteiger partial charge in [-0.25, -0.2) is 0 Å². The molecule has 0 heterocycles. The zero-order valence-corrected chi connectivity index (χ0v) is 4.10. The van der Waals surface area contributed by atoms with Crippen LogP contribution in [0.15, 0.2) is 0 Å². The molecule has 0 amide bonds. The van der Waals surface area contributed by atoms with Crippen LogP contribution < -0.4 is 0 Å². The van der Waals surface area contributed by atoms with E-state index in [2.05, 4.69) is 9.31 Å². The molecule has 0 fully saturated rings. The van der Waals surface area contributed by atoms with Crippen LogP contribution in [0.25, 0.3) is 0 Å². The first-order valence-electron chi connectivity index (χ1n) is 1.88. The van der Waals surface area contributed by atoms with Crippen molar-refractivity contribution in [1.82, 2.24) is 0 Å². The van der Waals surface area contributed by atoms with Gasteiger partial charge in [0.15, 0.2) is 0 Å². The maximum atomic E-state index is 4.64. The van der Waals surface area contributed by atoms with E-state index < -0.39 is 0 Å². The highest BCUT2D eigenvalue weighted by Crippen LogP contribution is 1.64. The van der Waals surface area contributed by atoms with Crippen molar-refractivity contribution < 1.29 is 9.31 Å². The fourth-order valence-electron chi connectivity index (χ4n) is 0.136. The van der Waals surface area contributed by atoms with Gasteiger partial charge in [0, 0.05) is 13.7 Å². The van der Waals surface area contributed by atoms with E-state index in [-0.39, 0.29) is 0 Å². The monoisotopic (exact) mass is 87.1 g/mol. The van der Waals surface area contributed by atoms with Crippen molar-refractivity contribution in [3.8, 4) is 0 Å². The summed E-state index contributed by atoms with van der Waals surface area (Å²) in [6, 6.07) is 0. The zero-order valence-electron chi connectivity index (χ0n) is 4.10. The van der Waals surface area contributed by atoms with Crippen molar-refractivity contribution in [3.05, 3.63) is 0 Å². The van der Waals surface area contributed by atoms with Gasteiger partial charge in [-0.1, -0.05) is 0 Å². The smallest absolute Gasteiger partial charge is 0.416 e. The van der Waals surface area contributed by atoms with Crippen molar-refractivity contribution >= 4 is 7.69 Å². The lowest BCUT2D eigenvalue weighted by Gasteiger charge is -1.89. The molecule has 6 heavy (non-hydrogen) atoms. The Hall–Kier alpha value is -0.0151. The number of hydrogen-bond acceptors (Lipinski definition) is 2. The minimum absolute atomic E-state index is 0.674. The summed E-state index contributed by atoms with van der Waals surface area (Å²) >= 11 is 0. The van der Waals surface area contributed by atoms with E-state index in [0.29, 0.717) is 6.61 Å². The molecule has 35 valence electrons. The standard InChI is InChI=1S/C3H8BO2/c1-3-6-4-5-2/h3H2,1-2H3. The summed E-state index contributed by atoms with van der Waals surface area (Å²) in [7, 11) is 2.86. The van der Waals surface area contributed by atoms with Gasteiger partial charge in [0.1, 0.15) is 0 Å². The predicted molar refractivity (Wildman–Crippen MR) is 24.4 cm³/mol. The molecule has 0 saturated carbocycles. The van der Waals surface area contributed by atoms with Crippen LogP contribution in [0.3, 0.4) is 0 Å². The SMILES string of the molecule is CCO[B]OC. The summed E-state index contributed by atoms with van der Waals surface area (Å²) < 4.78 is 9.07. The zero-order chi connectivity index (χ0) is 4.83. The van der Waals surface area contributed by atoms with Crippen LogP contribution in [0.4, 0.5) is 0 Å². The van der Waals surface area contributed by atoms with Crippen LogP contribution in [0.5, 0.6) is 0 Å². The third-order valence-electron chi connectivity index (χ3n) is 0.331. The Morgan fingerprint density at radius 1 is 1.67 bits per heavy atom. The summed E-state index contributed by atoms with van der Waals surface area (Å²) in [6.45, 7) is 2.57. The highest BCUT2D eigenvalue weighted by atomic mass is 16.6. The van der Waals surface area contributed by atoms with Crippen molar-refractivity contribution in [2.45, 2.75) is 6.92 Å². The van der Waals surface area contributed by atoms with E-state index in [9.17, 15) is 0 Å². The molecule has 0 unspecified atom stereocenters. The van der Waals surface area contributed by atoms with E-state index in [1.807, 2.05) is 6.92 Å². The second-order valence-corrected chi connectivity index (χ2v) is 0.787. The molecule has 0 aliphatic carbocycles. The summed E-state index contributed by atoms with van der Waals surface area (Å²) in [4.78, 5) is 0. The van der Waals surface area contributed by atoms with Gasteiger partial charge in [0.25, 0.3) is 0 Å². The molecule has 0 bridgehead atoms. The molecule has 0 aromatic rings. The lowest BCUT2D eigenvalue weighted by Crippen LogP contribution is -1.98. The largest absolute Gasteiger partial charge is 0.487 e. The van der Waals surface area contributed by atoms with Crippen molar-refractivity contribution in [2.75, 3.05) is 13.7 Å². The topological polar surface area (TPSA) is 18.5 Å². The summed E-state index contributed by atoms with van der Waals surface area (Å²) in [6.07, 6.45) is 0. The second kappa shape index (κ2) is 4.98. The van der Waals surface area contributed by atoms with Gasteiger partial charge in [-0.2, -0.15) is 0 Å². The van der Waals surface area contributed by atoms with Gasteiger partial charge in [0.2, 0.25) is 0 Å². The molecule has 0 aliphatic heterocycles. The molecule has 0 N–H and O–H groups in total. The van der Waals surface area contributed by atoms with Crippen molar-refractivity contribution in [1.29, 1.82) is 0 Å². The number of hydrogen-bond donors (Lipinski definition) is 0. The average Bonchev–Trinajstić information content (AvgIpc) is 1.61. The Bertz CT molecular complexity index is 20.8. The Morgan fingerprint density at radius 2 is 2.33 bits per heavy atom. The van der Waals surface area contributed by atoms with Crippen LogP contribution >= 0.6 is 0 Å². The third kappa shape index (κ3) is 3.98. The van der Waals surface area contributed by atoms with Gasteiger partial charge in [0.05, 0.1) is 0 Å². The van der Waals surface area contributed by atoms with Crippen LogP contribution in [-0.4, -0.2) is 21.4 Å². The molecule has 0 aromatic heterocycles. The molecule has 0 saturated heterocycles. The summed E-state index contributed by atoms with van der Waals surface area (Å²) in [5.41, 5.74) is 0. The molecule has 0 spiro atoms. The van der Waals surface area contributed by atoms with E-state index in [4.69, 9.17) is 0 Å². The minimum Gasteiger partial charge on any atom is -0.416 e. The number of rotatable bonds is 3. The van der Waals surface area contributed by atoms with E-state index >= 15 is 0 Å². The first-order valence-corrected chi connectivity index (χ1v) is 1.88. The molecule has 0 rings (SSSR count). The Morgan fingerprint density at radius 3 is 2.50 bits per heavy atom. The Kier molecular flexibility index (Phi) is 4.97. The lowest BCUT2D eigenvalue weighted by atomic mass is 10.4. The van der Waals surface area contributed by atoms with E-state index in [1.165, 1.54) is 7.69 Å². The first kappa shape index (κ1) is 5.98. The summed E-state index contributed by atoms with van der Waals surface area (Å²) in [5.74, 6) is 0. The van der Waals surface area contributed by atoms with Crippen LogP contribution in [0, 0.1) is 0 Å². The lowest BCUT2D eigenvalue weighted by molar-refractivity contribution is 0.269. The summed E-state index contributed by atoms with van der Waals surface area (Å²) in [5, 5.41) is 0. The molecular formula is C3H8BO2. The van der Waals surface area contributed by atoms with Crippen LogP contribution in [0.1, 0.15) is 6.92 Å². The highest BCUT2D eigenvalue weighted by molar-refractivity contribution is 6.17. The third-order valence-corrected chi connectivity index (χ3v) is 0.331. The molecule has 3 heteroatoms. The van der Waals surface area contributed by atoms with Gasteiger partial charge < -0.3 is 9.31 Å². The quantitative estimate of drug-likeness (QED) is 0.361. The molecular weight excluding hydrogens is 78.8 g/mol. The first-order chi connectivity index (χ1) is 2.91. The van der Waals surface area contributed by atoms with Crippen LogP contribution in [0.2, 0.25) is 0 Å². The predicted octanol–water partition coefficient (Wildman–Crippen LogP) is 0.204. The van der Waals surface area contributed by atoms with Gasteiger partial charge >= 0.3 is 7.69 Å². The second-order valence-electron chi connectivity index (χ2n) is 0.787. The van der Waals surface area contributed by atoms with Crippen LogP contribution in [-0.2, 0) is 9.31 Å². The molecule has 2 nitrogen and oxygen atoms in total. The fraction of sp³-hybridized carbons (Fsp3) is 1.00. The Balaban J connectivity index is 2.34. The van der Waals surface area contributed by atoms with Gasteiger partial charge in [-0.3, -0.25) is 0 Å². The van der Waals surface area contributed by atoms with Crippen molar-refractivity contribution in [3.63, 3.8) is 0 Å². The van der Waals surface area contributed by atoms with Gasteiger partial charge in [-0.05, 0) is 6.92 Å².